The number of ether oxygens (including phenoxy) is 1. The quantitative estimate of drug-likeness (QED) is 0.617. The average molecular weight is 185 g/mol. The summed E-state index contributed by atoms with van der Waals surface area (Å²) in [5.74, 6) is 0.754. The SMILES string of the molecule is CC(C)CCOCCC1(CN)CC1. The van der Waals surface area contributed by atoms with Crippen molar-refractivity contribution < 1.29 is 4.74 Å². The first kappa shape index (κ1) is 11.0. The molecule has 1 fully saturated rings. The highest BCUT2D eigenvalue weighted by Crippen LogP contribution is 2.47. The molecule has 2 nitrogen and oxygen atoms in total. The molecule has 0 spiro atoms. The van der Waals surface area contributed by atoms with Crippen molar-refractivity contribution in [1.82, 2.24) is 0 Å². The molecule has 0 aromatic carbocycles. The van der Waals surface area contributed by atoms with Crippen LogP contribution in [0, 0.1) is 11.3 Å². The van der Waals surface area contributed by atoms with Gasteiger partial charge in [0.05, 0.1) is 0 Å². The van der Waals surface area contributed by atoms with Crippen molar-refractivity contribution in [2.45, 2.75) is 39.5 Å². The molecule has 0 bridgehead atoms. The van der Waals surface area contributed by atoms with Gasteiger partial charge in [0.2, 0.25) is 0 Å². The Morgan fingerprint density at radius 2 is 2.00 bits per heavy atom. The van der Waals surface area contributed by atoms with E-state index < -0.39 is 0 Å². The average Bonchev–Trinajstić information content (AvgIpc) is 2.84. The van der Waals surface area contributed by atoms with Gasteiger partial charge in [0.1, 0.15) is 0 Å². The molecule has 0 amide bonds. The second kappa shape index (κ2) is 4.97. The molecule has 0 aromatic heterocycles. The zero-order valence-electron chi connectivity index (χ0n) is 9.01. The van der Waals surface area contributed by atoms with Crippen molar-refractivity contribution in [3.8, 4) is 0 Å². The van der Waals surface area contributed by atoms with E-state index >= 15 is 0 Å². The summed E-state index contributed by atoms with van der Waals surface area (Å²) in [4.78, 5) is 0. The Balaban J connectivity index is 1.90. The van der Waals surface area contributed by atoms with Gasteiger partial charge >= 0.3 is 0 Å². The van der Waals surface area contributed by atoms with E-state index in [-0.39, 0.29) is 0 Å². The van der Waals surface area contributed by atoms with Crippen LogP contribution < -0.4 is 5.73 Å². The summed E-state index contributed by atoms with van der Waals surface area (Å²) in [5.41, 5.74) is 6.16. The minimum absolute atomic E-state index is 0.484. The smallest absolute Gasteiger partial charge is 0.0471 e. The van der Waals surface area contributed by atoms with Gasteiger partial charge in [-0.3, -0.25) is 0 Å². The molecule has 0 unspecified atom stereocenters. The maximum absolute atomic E-state index is 5.68. The molecule has 1 saturated carbocycles. The van der Waals surface area contributed by atoms with Crippen LogP contribution in [0.2, 0.25) is 0 Å². The Bertz CT molecular complexity index is 141. The molecule has 78 valence electrons. The summed E-state index contributed by atoms with van der Waals surface area (Å²) in [6.07, 6.45) is 4.98. The second-order valence-electron chi connectivity index (χ2n) is 4.75. The highest BCUT2D eigenvalue weighted by atomic mass is 16.5. The molecule has 2 heteroatoms. The first-order valence-corrected chi connectivity index (χ1v) is 5.46. The van der Waals surface area contributed by atoms with Crippen LogP contribution in [0.5, 0.6) is 0 Å². The summed E-state index contributed by atoms with van der Waals surface area (Å²) < 4.78 is 5.57. The van der Waals surface area contributed by atoms with Crippen molar-refractivity contribution in [2.75, 3.05) is 19.8 Å². The molecule has 1 aliphatic carbocycles. The highest BCUT2D eigenvalue weighted by Gasteiger charge is 2.40. The van der Waals surface area contributed by atoms with E-state index in [1.165, 1.54) is 25.7 Å². The van der Waals surface area contributed by atoms with Crippen molar-refractivity contribution in [1.29, 1.82) is 0 Å². The lowest BCUT2D eigenvalue weighted by Crippen LogP contribution is -2.17. The molecule has 0 saturated heterocycles. The highest BCUT2D eigenvalue weighted by molar-refractivity contribution is 4.93. The molecule has 13 heavy (non-hydrogen) atoms. The lowest BCUT2D eigenvalue weighted by atomic mass is 10.0. The van der Waals surface area contributed by atoms with E-state index in [9.17, 15) is 0 Å². The molecule has 1 rings (SSSR count). The van der Waals surface area contributed by atoms with Crippen LogP contribution in [0.1, 0.15) is 39.5 Å². The maximum Gasteiger partial charge on any atom is 0.0471 e. The van der Waals surface area contributed by atoms with Gasteiger partial charge in [-0.05, 0) is 43.6 Å². The van der Waals surface area contributed by atoms with Crippen LogP contribution in [-0.4, -0.2) is 19.8 Å². The molecule has 0 aromatic rings. The van der Waals surface area contributed by atoms with E-state index in [4.69, 9.17) is 10.5 Å². The Labute approximate surface area is 81.8 Å². The Kier molecular flexibility index (Phi) is 4.20. The van der Waals surface area contributed by atoms with E-state index in [1.54, 1.807) is 0 Å². The van der Waals surface area contributed by atoms with Crippen LogP contribution in [0.3, 0.4) is 0 Å². The standard InChI is InChI=1S/C11H23NO/c1-10(2)3-7-13-8-6-11(9-12)4-5-11/h10H,3-9,12H2,1-2H3. The fourth-order valence-electron chi connectivity index (χ4n) is 1.44. The monoisotopic (exact) mass is 185 g/mol. The predicted molar refractivity (Wildman–Crippen MR) is 55.6 cm³/mol. The van der Waals surface area contributed by atoms with Crippen LogP contribution in [-0.2, 0) is 4.74 Å². The van der Waals surface area contributed by atoms with E-state index in [1.807, 2.05) is 0 Å². The molecule has 1 aliphatic rings. The molecule has 0 atom stereocenters. The Morgan fingerprint density at radius 1 is 1.31 bits per heavy atom. The largest absolute Gasteiger partial charge is 0.381 e. The first-order chi connectivity index (χ1) is 6.18. The first-order valence-electron chi connectivity index (χ1n) is 5.46. The Hall–Kier alpha value is -0.0800. The second-order valence-corrected chi connectivity index (χ2v) is 4.75. The van der Waals surface area contributed by atoms with Gasteiger partial charge < -0.3 is 10.5 Å². The zero-order chi connectivity index (χ0) is 9.73. The van der Waals surface area contributed by atoms with Gasteiger partial charge in [0.25, 0.3) is 0 Å². The summed E-state index contributed by atoms with van der Waals surface area (Å²) in [6.45, 7) is 7.13. The lowest BCUT2D eigenvalue weighted by molar-refractivity contribution is 0.108. The van der Waals surface area contributed by atoms with Gasteiger partial charge in [-0.25, -0.2) is 0 Å². The van der Waals surface area contributed by atoms with Gasteiger partial charge in [-0.2, -0.15) is 0 Å². The van der Waals surface area contributed by atoms with E-state index in [0.29, 0.717) is 5.41 Å². The van der Waals surface area contributed by atoms with Gasteiger partial charge in [0.15, 0.2) is 0 Å². The van der Waals surface area contributed by atoms with Crippen molar-refractivity contribution in [3.63, 3.8) is 0 Å². The van der Waals surface area contributed by atoms with Crippen LogP contribution in [0.15, 0.2) is 0 Å². The molecular formula is C11H23NO. The van der Waals surface area contributed by atoms with Gasteiger partial charge in [-0.15, -0.1) is 0 Å². The van der Waals surface area contributed by atoms with Gasteiger partial charge in [-0.1, -0.05) is 13.8 Å². The number of hydrogen-bond acceptors (Lipinski definition) is 2. The third kappa shape index (κ3) is 4.10. The number of nitrogens with two attached hydrogens (primary N) is 1. The molecule has 0 aliphatic heterocycles. The van der Waals surface area contributed by atoms with E-state index in [2.05, 4.69) is 13.8 Å². The zero-order valence-corrected chi connectivity index (χ0v) is 9.01. The minimum atomic E-state index is 0.484. The summed E-state index contributed by atoms with van der Waals surface area (Å²) >= 11 is 0. The molecule has 2 N–H and O–H groups in total. The fraction of sp³-hybridized carbons (Fsp3) is 1.00. The lowest BCUT2D eigenvalue weighted by Gasteiger charge is -2.12. The fourth-order valence-corrected chi connectivity index (χ4v) is 1.44. The number of rotatable bonds is 7. The normalized spacial score (nSPS) is 19.4. The Morgan fingerprint density at radius 3 is 2.46 bits per heavy atom. The summed E-state index contributed by atoms with van der Waals surface area (Å²) in [7, 11) is 0. The predicted octanol–water partition coefficient (Wildman–Crippen LogP) is 2.18. The molecule has 0 heterocycles. The van der Waals surface area contributed by atoms with E-state index in [0.717, 1.165) is 25.7 Å². The van der Waals surface area contributed by atoms with Crippen LogP contribution >= 0.6 is 0 Å². The molecular weight excluding hydrogens is 162 g/mol. The minimum Gasteiger partial charge on any atom is -0.381 e. The third-order valence-corrected chi connectivity index (χ3v) is 3.01. The van der Waals surface area contributed by atoms with Crippen LogP contribution in [0.4, 0.5) is 0 Å². The topological polar surface area (TPSA) is 35.2 Å². The number of hydrogen-bond donors (Lipinski definition) is 1. The van der Waals surface area contributed by atoms with Crippen molar-refractivity contribution in [2.24, 2.45) is 17.1 Å². The van der Waals surface area contributed by atoms with Crippen LogP contribution in [0.25, 0.3) is 0 Å². The third-order valence-electron chi connectivity index (χ3n) is 3.01. The molecule has 0 radical (unpaired) electrons. The maximum atomic E-state index is 5.68. The summed E-state index contributed by atoms with van der Waals surface area (Å²) in [6, 6.07) is 0. The van der Waals surface area contributed by atoms with Gasteiger partial charge in [0, 0.05) is 13.2 Å². The van der Waals surface area contributed by atoms with Crippen molar-refractivity contribution >= 4 is 0 Å². The van der Waals surface area contributed by atoms with Crippen molar-refractivity contribution in [3.05, 3.63) is 0 Å². The summed E-state index contributed by atoms with van der Waals surface area (Å²) in [5, 5.41) is 0.